The minimum Gasteiger partial charge on any atom is -0.474 e. The molecule has 0 atom stereocenters. The second kappa shape index (κ2) is 4.25. The number of carbonyl (C=O) groups excluding carboxylic acids is 1. The van der Waals surface area contributed by atoms with Gasteiger partial charge in [-0.1, -0.05) is 0 Å². The summed E-state index contributed by atoms with van der Waals surface area (Å²) in [4.78, 5) is 24.4. The van der Waals surface area contributed by atoms with Gasteiger partial charge in [-0.3, -0.25) is 4.79 Å². The maximum atomic E-state index is 11.8. The lowest BCUT2D eigenvalue weighted by Crippen LogP contribution is -2.58. The standard InChI is InChI=1S/C14H21NO3/c1-2-15(13(16)14(17)18)12-10-4-8-3-9(6-10)7-11(12)5-8/h8-12H,2-7H2,1H3,(H,17,18). The Hall–Kier alpha value is -1.06. The molecule has 0 saturated heterocycles. The monoisotopic (exact) mass is 251 g/mol. The van der Waals surface area contributed by atoms with Crippen LogP contribution >= 0.6 is 0 Å². The lowest BCUT2D eigenvalue weighted by Gasteiger charge is -2.56. The summed E-state index contributed by atoms with van der Waals surface area (Å²) in [5.74, 6) is 0.819. The topological polar surface area (TPSA) is 57.6 Å². The van der Waals surface area contributed by atoms with E-state index in [4.69, 9.17) is 5.11 Å². The Morgan fingerprint density at radius 1 is 1.06 bits per heavy atom. The third-order valence-corrected chi connectivity index (χ3v) is 5.32. The number of hydrogen-bond donors (Lipinski definition) is 1. The van der Waals surface area contributed by atoms with Crippen LogP contribution in [0.5, 0.6) is 0 Å². The Balaban J connectivity index is 1.82. The number of amides is 1. The van der Waals surface area contributed by atoms with E-state index in [2.05, 4.69) is 0 Å². The van der Waals surface area contributed by atoms with Gasteiger partial charge in [-0.25, -0.2) is 4.79 Å². The molecule has 0 radical (unpaired) electrons. The molecule has 0 aromatic heterocycles. The molecule has 4 nitrogen and oxygen atoms in total. The predicted octanol–water partition coefficient (Wildman–Crippen LogP) is 1.74. The maximum absolute atomic E-state index is 11.8. The largest absolute Gasteiger partial charge is 0.474 e. The van der Waals surface area contributed by atoms with E-state index in [0.29, 0.717) is 18.4 Å². The van der Waals surface area contributed by atoms with Crippen LogP contribution in [0.1, 0.15) is 39.0 Å². The van der Waals surface area contributed by atoms with E-state index in [1.54, 1.807) is 4.90 Å². The summed E-state index contributed by atoms with van der Waals surface area (Å²) in [7, 11) is 0. The average molecular weight is 251 g/mol. The molecule has 0 spiro atoms. The summed E-state index contributed by atoms with van der Waals surface area (Å²) in [6.45, 7) is 2.42. The van der Waals surface area contributed by atoms with Crippen molar-refractivity contribution in [2.75, 3.05) is 6.54 Å². The molecule has 0 unspecified atom stereocenters. The van der Waals surface area contributed by atoms with E-state index in [0.717, 1.165) is 11.8 Å². The minimum absolute atomic E-state index is 0.200. The third-order valence-electron chi connectivity index (χ3n) is 5.32. The van der Waals surface area contributed by atoms with Crippen molar-refractivity contribution in [2.45, 2.75) is 45.1 Å². The summed E-state index contributed by atoms with van der Waals surface area (Å²) in [5.41, 5.74) is 0. The van der Waals surface area contributed by atoms with Gasteiger partial charge in [-0.15, -0.1) is 0 Å². The van der Waals surface area contributed by atoms with Crippen molar-refractivity contribution in [2.24, 2.45) is 23.7 Å². The van der Waals surface area contributed by atoms with Crippen LogP contribution in [0.3, 0.4) is 0 Å². The molecule has 4 aliphatic carbocycles. The molecule has 0 heterocycles. The van der Waals surface area contributed by atoms with Gasteiger partial charge in [-0.05, 0) is 62.7 Å². The first-order valence-corrected chi connectivity index (χ1v) is 7.14. The van der Waals surface area contributed by atoms with Crippen molar-refractivity contribution < 1.29 is 14.7 Å². The highest BCUT2D eigenvalue weighted by Crippen LogP contribution is 2.55. The smallest absolute Gasteiger partial charge is 0.394 e. The first kappa shape index (κ1) is 12.0. The molecule has 4 saturated carbocycles. The van der Waals surface area contributed by atoms with Crippen LogP contribution in [0.4, 0.5) is 0 Å². The van der Waals surface area contributed by atoms with Crippen molar-refractivity contribution in [3.8, 4) is 0 Å². The lowest BCUT2D eigenvalue weighted by molar-refractivity contribution is -0.162. The van der Waals surface area contributed by atoms with Gasteiger partial charge in [0.15, 0.2) is 0 Å². The highest BCUT2D eigenvalue weighted by atomic mass is 16.4. The first-order chi connectivity index (χ1) is 8.60. The van der Waals surface area contributed by atoms with Gasteiger partial charge in [0.05, 0.1) is 0 Å². The third kappa shape index (κ3) is 1.73. The van der Waals surface area contributed by atoms with Crippen molar-refractivity contribution in [3.63, 3.8) is 0 Å². The highest BCUT2D eigenvalue weighted by Gasteiger charge is 2.51. The Morgan fingerprint density at radius 2 is 1.56 bits per heavy atom. The molecule has 4 rings (SSSR count). The molecule has 1 N–H and O–H groups in total. The van der Waals surface area contributed by atoms with Crippen LogP contribution in [-0.4, -0.2) is 34.5 Å². The number of aliphatic carboxylic acids is 1. The summed E-state index contributed by atoms with van der Waals surface area (Å²) >= 11 is 0. The fourth-order valence-corrected chi connectivity index (χ4v) is 5.02. The van der Waals surface area contributed by atoms with E-state index < -0.39 is 11.9 Å². The van der Waals surface area contributed by atoms with Gasteiger partial charge in [0.25, 0.3) is 0 Å². The van der Waals surface area contributed by atoms with Gasteiger partial charge >= 0.3 is 11.9 Å². The van der Waals surface area contributed by atoms with E-state index in [1.165, 1.54) is 32.1 Å². The molecule has 4 heteroatoms. The van der Waals surface area contributed by atoms with Crippen molar-refractivity contribution in [1.29, 1.82) is 0 Å². The van der Waals surface area contributed by atoms with Crippen LogP contribution in [-0.2, 0) is 9.59 Å². The molecule has 1 amide bonds. The number of carboxylic acids is 1. The van der Waals surface area contributed by atoms with E-state index in [1.807, 2.05) is 6.92 Å². The van der Waals surface area contributed by atoms with Gasteiger partial charge in [0, 0.05) is 12.6 Å². The number of carboxylic acid groups (broad SMARTS) is 1. The van der Waals surface area contributed by atoms with Gasteiger partial charge < -0.3 is 10.0 Å². The zero-order chi connectivity index (χ0) is 12.9. The van der Waals surface area contributed by atoms with Crippen molar-refractivity contribution in [3.05, 3.63) is 0 Å². The van der Waals surface area contributed by atoms with Crippen LogP contribution in [0.25, 0.3) is 0 Å². The fourth-order valence-electron chi connectivity index (χ4n) is 5.02. The second-order valence-electron chi connectivity index (χ2n) is 6.32. The number of rotatable bonds is 2. The molecule has 0 aromatic rings. The minimum atomic E-state index is -1.30. The first-order valence-electron chi connectivity index (χ1n) is 7.14. The Bertz CT molecular complexity index is 351. The number of hydrogen-bond acceptors (Lipinski definition) is 2. The maximum Gasteiger partial charge on any atom is 0.394 e. The summed E-state index contributed by atoms with van der Waals surface area (Å²) in [6, 6.07) is 0.200. The summed E-state index contributed by atoms with van der Waals surface area (Å²) in [5, 5.41) is 8.95. The van der Waals surface area contributed by atoms with Crippen LogP contribution < -0.4 is 0 Å². The molecule has 0 aliphatic heterocycles. The van der Waals surface area contributed by atoms with Crippen LogP contribution in [0.2, 0.25) is 0 Å². The fraction of sp³-hybridized carbons (Fsp3) is 0.857. The molecule has 0 aromatic carbocycles. The molecular formula is C14H21NO3. The van der Waals surface area contributed by atoms with E-state index in [-0.39, 0.29) is 6.04 Å². The normalized spacial score (nSPS) is 40.8. The zero-order valence-corrected chi connectivity index (χ0v) is 10.8. The molecule has 4 fully saturated rings. The van der Waals surface area contributed by atoms with Gasteiger partial charge in [-0.2, -0.15) is 0 Å². The Morgan fingerprint density at radius 3 is 1.94 bits per heavy atom. The van der Waals surface area contributed by atoms with Crippen LogP contribution in [0, 0.1) is 23.7 Å². The molecule has 100 valence electrons. The van der Waals surface area contributed by atoms with Crippen LogP contribution in [0.15, 0.2) is 0 Å². The van der Waals surface area contributed by atoms with Gasteiger partial charge in [0.2, 0.25) is 0 Å². The second-order valence-corrected chi connectivity index (χ2v) is 6.32. The van der Waals surface area contributed by atoms with Gasteiger partial charge in [0.1, 0.15) is 0 Å². The highest BCUT2D eigenvalue weighted by molar-refractivity contribution is 6.31. The number of carbonyl (C=O) groups is 2. The average Bonchev–Trinajstić information content (AvgIpc) is 2.32. The lowest BCUT2D eigenvalue weighted by atomic mass is 9.54. The predicted molar refractivity (Wildman–Crippen MR) is 65.9 cm³/mol. The SMILES string of the molecule is CCN(C(=O)C(=O)O)C1C2CC3CC(C2)CC1C3. The van der Waals surface area contributed by atoms with Crippen molar-refractivity contribution >= 4 is 11.9 Å². The summed E-state index contributed by atoms with van der Waals surface area (Å²) in [6.07, 6.45) is 6.21. The number of likely N-dealkylation sites (N-methyl/N-ethyl adjacent to an activating group) is 1. The number of nitrogens with zero attached hydrogens (tertiary/aromatic N) is 1. The Labute approximate surface area is 107 Å². The summed E-state index contributed by atoms with van der Waals surface area (Å²) < 4.78 is 0. The van der Waals surface area contributed by atoms with Crippen molar-refractivity contribution in [1.82, 2.24) is 4.90 Å². The van der Waals surface area contributed by atoms with E-state index in [9.17, 15) is 9.59 Å². The molecule has 4 bridgehead atoms. The molecule has 18 heavy (non-hydrogen) atoms. The molecular weight excluding hydrogens is 230 g/mol. The zero-order valence-electron chi connectivity index (χ0n) is 10.8. The Kier molecular flexibility index (Phi) is 2.83. The molecule has 4 aliphatic rings. The quantitative estimate of drug-likeness (QED) is 0.761. The van der Waals surface area contributed by atoms with E-state index >= 15 is 0 Å².